The fourth-order valence-corrected chi connectivity index (χ4v) is 2.85. The molecule has 0 aromatic heterocycles. The van der Waals surface area contributed by atoms with E-state index in [9.17, 15) is 4.79 Å². The number of benzene rings is 1. The van der Waals surface area contributed by atoms with Crippen LogP contribution in [0.3, 0.4) is 0 Å². The van der Waals surface area contributed by atoms with E-state index in [0.29, 0.717) is 11.8 Å². The maximum atomic E-state index is 12.0. The standard InChI is InChI=1S/C14H19NO2S/c1-2-15(12-6-7-12)14(17)10-18-13-5-3-4-11(8-13)9-16/h3-5,8,12,16H,2,6-7,9-10H2,1H3. The van der Waals surface area contributed by atoms with Crippen LogP contribution in [0.15, 0.2) is 29.2 Å². The topological polar surface area (TPSA) is 40.5 Å². The molecule has 0 atom stereocenters. The number of aliphatic hydroxyl groups is 1. The van der Waals surface area contributed by atoms with E-state index in [2.05, 4.69) is 0 Å². The Morgan fingerprint density at radius 2 is 2.28 bits per heavy atom. The Labute approximate surface area is 112 Å². The van der Waals surface area contributed by atoms with E-state index in [4.69, 9.17) is 5.11 Å². The Bertz CT molecular complexity index is 418. The summed E-state index contributed by atoms with van der Waals surface area (Å²) in [6.45, 7) is 2.89. The summed E-state index contributed by atoms with van der Waals surface area (Å²) in [5.41, 5.74) is 0.891. The summed E-state index contributed by atoms with van der Waals surface area (Å²) in [6, 6.07) is 8.20. The fourth-order valence-electron chi connectivity index (χ4n) is 1.99. The molecule has 0 heterocycles. The summed E-state index contributed by atoms with van der Waals surface area (Å²) < 4.78 is 0. The number of aliphatic hydroxyl groups excluding tert-OH is 1. The molecule has 0 aliphatic heterocycles. The van der Waals surface area contributed by atoms with Crippen LogP contribution in [0.4, 0.5) is 0 Å². The summed E-state index contributed by atoms with van der Waals surface area (Å²) in [5.74, 6) is 0.707. The molecule has 1 aromatic rings. The largest absolute Gasteiger partial charge is 0.392 e. The molecule has 1 aromatic carbocycles. The van der Waals surface area contributed by atoms with Gasteiger partial charge in [0.15, 0.2) is 0 Å². The molecule has 3 nitrogen and oxygen atoms in total. The molecular weight excluding hydrogens is 246 g/mol. The Hall–Kier alpha value is -1.00. The van der Waals surface area contributed by atoms with Gasteiger partial charge < -0.3 is 10.0 Å². The minimum Gasteiger partial charge on any atom is -0.392 e. The van der Waals surface area contributed by atoms with Crippen molar-refractivity contribution in [3.8, 4) is 0 Å². The number of nitrogens with zero attached hydrogens (tertiary/aromatic N) is 1. The number of rotatable bonds is 6. The van der Waals surface area contributed by atoms with E-state index < -0.39 is 0 Å². The van der Waals surface area contributed by atoms with Crippen molar-refractivity contribution in [3.05, 3.63) is 29.8 Å². The van der Waals surface area contributed by atoms with Gasteiger partial charge in [0.25, 0.3) is 0 Å². The Morgan fingerprint density at radius 1 is 1.50 bits per heavy atom. The predicted octanol–water partition coefficient (Wildman–Crippen LogP) is 2.28. The van der Waals surface area contributed by atoms with Gasteiger partial charge in [-0.25, -0.2) is 0 Å². The number of carbonyl (C=O) groups excluding carboxylic acids is 1. The lowest BCUT2D eigenvalue weighted by Gasteiger charge is -2.20. The summed E-state index contributed by atoms with van der Waals surface area (Å²) in [7, 11) is 0. The van der Waals surface area contributed by atoms with Gasteiger partial charge in [0, 0.05) is 17.5 Å². The Kier molecular flexibility index (Phi) is 4.66. The monoisotopic (exact) mass is 265 g/mol. The van der Waals surface area contributed by atoms with Crippen LogP contribution in [0.2, 0.25) is 0 Å². The smallest absolute Gasteiger partial charge is 0.233 e. The van der Waals surface area contributed by atoms with Crippen LogP contribution in [0.5, 0.6) is 0 Å². The molecule has 2 rings (SSSR count). The number of hydrogen-bond donors (Lipinski definition) is 1. The van der Waals surface area contributed by atoms with Crippen LogP contribution >= 0.6 is 11.8 Å². The molecule has 0 unspecified atom stereocenters. The number of carbonyl (C=O) groups is 1. The number of hydrogen-bond acceptors (Lipinski definition) is 3. The SMILES string of the molecule is CCN(C(=O)CSc1cccc(CO)c1)C1CC1. The lowest BCUT2D eigenvalue weighted by molar-refractivity contribution is -0.128. The zero-order valence-corrected chi connectivity index (χ0v) is 11.4. The molecule has 1 aliphatic carbocycles. The summed E-state index contributed by atoms with van der Waals surface area (Å²) >= 11 is 1.54. The van der Waals surface area contributed by atoms with Gasteiger partial charge in [-0.05, 0) is 37.5 Å². The fraction of sp³-hybridized carbons (Fsp3) is 0.500. The molecular formula is C14H19NO2S. The lowest BCUT2D eigenvalue weighted by atomic mass is 10.2. The van der Waals surface area contributed by atoms with Crippen LogP contribution in [0.25, 0.3) is 0 Å². The molecule has 1 amide bonds. The van der Waals surface area contributed by atoms with Crippen molar-refractivity contribution in [2.75, 3.05) is 12.3 Å². The molecule has 0 saturated heterocycles. The van der Waals surface area contributed by atoms with Gasteiger partial charge in [-0.1, -0.05) is 12.1 Å². The first-order valence-corrected chi connectivity index (χ1v) is 7.35. The van der Waals surface area contributed by atoms with Crippen LogP contribution in [0, 0.1) is 0 Å². The van der Waals surface area contributed by atoms with Crippen molar-refractivity contribution >= 4 is 17.7 Å². The van der Waals surface area contributed by atoms with Crippen LogP contribution in [0.1, 0.15) is 25.3 Å². The van der Waals surface area contributed by atoms with Gasteiger partial charge in [0.1, 0.15) is 0 Å². The normalized spacial score (nSPS) is 14.6. The molecule has 0 radical (unpaired) electrons. The van der Waals surface area contributed by atoms with E-state index in [-0.39, 0.29) is 12.5 Å². The Morgan fingerprint density at radius 3 is 2.89 bits per heavy atom. The van der Waals surface area contributed by atoms with Gasteiger partial charge in [0.05, 0.1) is 12.4 Å². The molecule has 4 heteroatoms. The minimum atomic E-state index is 0.0471. The van der Waals surface area contributed by atoms with E-state index >= 15 is 0 Å². The van der Waals surface area contributed by atoms with Gasteiger partial charge >= 0.3 is 0 Å². The van der Waals surface area contributed by atoms with E-state index in [1.165, 1.54) is 0 Å². The molecule has 1 fully saturated rings. The third-order valence-corrected chi connectivity index (χ3v) is 4.07. The first kappa shape index (κ1) is 13.4. The molecule has 98 valence electrons. The minimum absolute atomic E-state index is 0.0471. The van der Waals surface area contributed by atoms with Crippen molar-refractivity contribution in [1.29, 1.82) is 0 Å². The first-order chi connectivity index (χ1) is 8.74. The molecule has 1 N–H and O–H groups in total. The molecule has 1 saturated carbocycles. The van der Waals surface area contributed by atoms with E-state index in [1.807, 2.05) is 36.1 Å². The summed E-state index contributed by atoms with van der Waals surface area (Å²) in [4.78, 5) is 15.1. The van der Waals surface area contributed by atoms with Gasteiger partial charge in [0.2, 0.25) is 5.91 Å². The van der Waals surface area contributed by atoms with Crippen LogP contribution < -0.4 is 0 Å². The summed E-state index contributed by atoms with van der Waals surface area (Å²) in [6.07, 6.45) is 2.31. The maximum Gasteiger partial charge on any atom is 0.233 e. The lowest BCUT2D eigenvalue weighted by Crippen LogP contribution is -2.34. The third-order valence-electron chi connectivity index (χ3n) is 3.09. The number of amides is 1. The highest BCUT2D eigenvalue weighted by Gasteiger charge is 2.30. The second-order valence-electron chi connectivity index (χ2n) is 4.51. The van der Waals surface area contributed by atoms with Crippen molar-refractivity contribution in [3.63, 3.8) is 0 Å². The van der Waals surface area contributed by atoms with Crippen molar-refractivity contribution in [1.82, 2.24) is 4.90 Å². The highest BCUT2D eigenvalue weighted by molar-refractivity contribution is 8.00. The van der Waals surface area contributed by atoms with E-state index in [1.54, 1.807) is 11.8 Å². The molecule has 0 bridgehead atoms. The van der Waals surface area contributed by atoms with Crippen molar-refractivity contribution in [2.45, 2.75) is 37.3 Å². The predicted molar refractivity (Wildman–Crippen MR) is 73.5 cm³/mol. The Balaban J connectivity index is 1.87. The molecule has 0 spiro atoms. The zero-order valence-electron chi connectivity index (χ0n) is 10.6. The highest BCUT2D eigenvalue weighted by Crippen LogP contribution is 2.28. The quantitative estimate of drug-likeness (QED) is 0.802. The van der Waals surface area contributed by atoms with Gasteiger partial charge in [-0.2, -0.15) is 0 Å². The van der Waals surface area contributed by atoms with Crippen molar-refractivity contribution in [2.24, 2.45) is 0 Å². The average Bonchev–Trinajstić information content (AvgIpc) is 3.22. The molecule has 1 aliphatic rings. The van der Waals surface area contributed by atoms with E-state index in [0.717, 1.165) is 29.8 Å². The second-order valence-corrected chi connectivity index (χ2v) is 5.55. The number of thioether (sulfide) groups is 1. The van der Waals surface area contributed by atoms with Crippen molar-refractivity contribution < 1.29 is 9.90 Å². The first-order valence-electron chi connectivity index (χ1n) is 6.36. The maximum absolute atomic E-state index is 12.0. The van der Waals surface area contributed by atoms with Gasteiger partial charge in [-0.3, -0.25) is 4.79 Å². The molecule has 18 heavy (non-hydrogen) atoms. The summed E-state index contributed by atoms with van der Waals surface area (Å²) in [5, 5.41) is 9.06. The average molecular weight is 265 g/mol. The highest BCUT2D eigenvalue weighted by atomic mass is 32.2. The van der Waals surface area contributed by atoms with Gasteiger partial charge in [-0.15, -0.1) is 11.8 Å². The zero-order chi connectivity index (χ0) is 13.0. The third kappa shape index (κ3) is 3.50. The second kappa shape index (κ2) is 6.25. The van der Waals surface area contributed by atoms with Crippen LogP contribution in [-0.2, 0) is 11.4 Å². The van der Waals surface area contributed by atoms with Crippen LogP contribution in [-0.4, -0.2) is 34.3 Å².